The molecule has 0 aromatic heterocycles. The standard InChI is InChI=1S/C6H14ClN.ClH/c1-3-8(4-2)6-5-7;/h3-6H2,1-2H3;1H/p-1. The maximum absolute atomic E-state index is 5.51. The van der Waals surface area contributed by atoms with Crippen LogP contribution in [-0.4, -0.2) is 30.4 Å². The maximum Gasteiger partial charge on any atom is 0.0351 e. The van der Waals surface area contributed by atoms with Gasteiger partial charge in [0.05, 0.1) is 0 Å². The fourth-order valence-electron chi connectivity index (χ4n) is 0.659. The molecule has 9 heavy (non-hydrogen) atoms. The first kappa shape index (κ1) is 12.2. The van der Waals surface area contributed by atoms with E-state index in [4.69, 9.17) is 11.6 Å². The fraction of sp³-hybridized carbons (Fsp3) is 1.00. The second kappa shape index (κ2) is 8.54. The van der Waals surface area contributed by atoms with E-state index in [0.717, 1.165) is 25.5 Å². The molecule has 0 aliphatic heterocycles. The molecule has 0 spiro atoms. The van der Waals surface area contributed by atoms with Crippen molar-refractivity contribution in [2.24, 2.45) is 0 Å². The first-order chi connectivity index (χ1) is 3.85. The molecule has 0 heterocycles. The van der Waals surface area contributed by atoms with Crippen LogP contribution >= 0.6 is 11.6 Å². The summed E-state index contributed by atoms with van der Waals surface area (Å²) in [6, 6.07) is 0. The van der Waals surface area contributed by atoms with E-state index in [0.29, 0.717) is 0 Å². The summed E-state index contributed by atoms with van der Waals surface area (Å²) in [4.78, 5) is 2.30. The number of alkyl halides is 1. The van der Waals surface area contributed by atoms with Crippen LogP contribution in [0, 0.1) is 0 Å². The predicted octanol–water partition coefficient (Wildman–Crippen LogP) is -1.43. The highest BCUT2D eigenvalue weighted by Gasteiger charge is 1.93. The zero-order valence-electron chi connectivity index (χ0n) is 6.03. The Morgan fingerprint density at radius 1 is 1.22 bits per heavy atom. The first-order valence-corrected chi connectivity index (χ1v) is 3.66. The van der Waals surface area contributed by atoms with Crippen LogP contribution in [0.1, 0.15) is 13.8 Å². The van der Waals surface area contributed by atoms with Crippen molar-refractivity contribution in [3.63, 3.8) is 0 Å². The summed E-state index contributed by atoms with van der Waals surface area (Å²) in [6.07, 6.45) is 0. The molecule has 0 amide bonds. The molecule has 0 aromatic carbocycles. The molecule has 0 radical (unpaired) electrons. The third-order valence-corrected chi connectivity index (χ3v) is 1.46. The van der Waals surface area contributed by atoms with Gasteiger partial charge in [-0.15, -0.1) is 11.6 Å². The summed E-state index contributed by atoms with van der Waals surface area (Å²) in [7, 11) is 0. The van der Waals surface area contributed by atoms with Crippen molar-refractivity contribution >= 4 is 11.6 Å². The van der Waals surface area contributed by atoms with E-state index in [1.54, 1.807) is 0 Å². The van der Waals surface area contributed by atoms with Crippen LogP contribution in [0.5, 0.6) is 0 Å². The van der Waals surface area contributed by atoms with E-state index < -0.39 is 0 Å². The number of halogens is 2. The van der Waals surface area contributed by atoms with Crippen LogP contribution in [0.25, 0.3) is 0 Å². The summed E-state index contributed by atoms with van der Waals surface area (Å²) in [5.41, 5.74) is 0. The minimum Gasteiger partial charge on any atom is -1.00 e. The van der Waals surface area contributed by atoms with Gasteiger partial charge in [0, 0.05) is 12.4 Å². The van der Waals surface area contributed by atoms with Crippen LogP contribution in [0.4, 0.5) is 0 Å². The summed E-state index contributed by atoms with van der Waals surface area (Å²) in [6.45, 7) is 7.55. The van der Waals surface area contributed by atoms with Gasteiger partial charge in [0.15, 0.2) is 0 Å². The average molecular weight is 171 g/mol. The van der Waals surface area contributed by atoms with E-state index in [1.807, 2.05) is 0 Å². The van der Waals surface area contributed by atoms with E-state index in [-0.39, 0.29) is 12.4 Å². The molecule has 1 nitrogen and oxygen atoms in total. The lowest BCUT2D eigenvalue weighted by Crippen LogP contribution is -3.00. The van der Waals surface area contributed by atoms with Crippen LogP contribution < -0.4 is 12.4 Å². The number of rotatable bonds is 4. The zero-order valence-corrected chi connectivity index (χ0v) is 7.54. The molecule has 0 saturated carbocycles. The monoisotopic (exact) mass is 170 g/mol. The molecule has 0 N–H and O–H groups in total. The van der Waals surface area contributed by atoms with Crippen LogP contribution in [0.15, 0.2) is 0 Å². The lowest BCUT2D eigenvalue weighted by molar-refractivity contribution is -0.00000181. The quantitative estimate of drug-likeness (QED) is 0.469. The Morgan fingerprint density at radius 2 is 1.67 bits per heavy atom. The number of hydrogen-bond acceptors (Lipinski definition) is 1. The van der Waals surface area contributed by atoms with Gasteiger partial charge in [-0.1, -0.05) is 13.8 Å². The minimum atomic E-state index is 0. The number of hydrogen-bond donors (Lipinski definition) is 0. The lowest BCUT2D eigenvalue weighted by atomic mass is 10.5. The molecular formula is C6H14Cl2N-. The Kier molecular flexibility index (Phi) is 11.6. The third-order valence-electron chi connectivity index (χ3n) is 1.30. The SMILES string of the molecule is CCN(CC)CCCl.[Cl-]. The summed E-state index contributed by atoms with van der Waals surface area (Å²) in [5.74, 6) is 0.752. The smallest absolute Gasteiger partial charge is 0.0351 e. The molecule has 0 aliphatic rings. The predicted molar refractivity (Wildman–Crippen MR) is 38.5 cm³/mol. The van der Waals surface area contributed by atoms with Gasteiger partial charge in [0.1, 0.15) is 0 Å². The lowest BCUT2D eigenvalue weighted by Gasteiger charge is -2.14. The van der Waals surface area contributed by atoms with Gasteiger partial charge in [0.2, 0.25) is 0 Å². The van der Waals surface area contributed by atoms with Gasteiger partial charge < -0.3 is 17.3 Å². The molecule has 0 unspecified atom stereocenters. The topological polar surface area (TPSA) is 3.24 Å². The van der Waals surface area contributed by atoms with Crippen LogP contribution in [0.3, 0.4) is 0 Å². The van der Waals surface area contributed by atoms with Gasteiger partial charge in [-0.05, 0) is 13.1 Å². The van der Waals surface area contributed by atoms with Crippen molar-refractivity contribution in [3.05, 3.63) is 0 Å². The summed E-state index contributed by atoms with van der Waals surface area (Å²) < 4.78 is 0. The Bertz CT molecular complexity index is 46.3. The third kappa shape index (κ3) is 6.42. The average Bonchev–Trinajstić information content (AvgIpc) is 1.83. The Hall–Kier alpha value is 0.540. The minimum absolute atomic E-state index is 0. The zero-order chi connectivity index (χ0) is 6.41. The van der Waals surface area contributed by atoms with Crippen molar-refractivity contribution in [1.82, 2.24) is 4.90 Å². The van der Waals surface area contributed by atoms with E-state index in [2.05, 4.69) is 18.7 Å². The van der Waals surface area contributed by atoms with Gasteiger partial charge >= 0.3 is 0 Å². The molecule has 0 aromatic rings. The highest BCUT2D eigenvalue weighted by Crippen LogP contribution is 1.86. The Morgan fingerprint density at radius 3 is 1.78 bits per heavy atom. The normalized spacial score (nSPS) is 9.33. The molecule has 0 bridgehead atoms. The Labute approximate surface area is 68.8 Å². The summed E-state index contributed by atoms with van der Waals surface area (Å²) in [5, 5.41) is 0. The van der Waals surface area contributed by atoms with Crippen molar-refractivity contribution in [2.45, 2.75) is 13.8 Å². The van der Waals surface area contributed by atoms with Crippen molar-refractivity contribution in [2.75, 3.05) is 25.5 Å². The Balaban J connectivity index is 0. The number of nitrogens with zero attached hydrogens (tertiary/aromatic N) is 1. The second-order valence-corrected chi connectivity index (χ2v) is 2.09. The molecule has 0 saturated heterocycles. The van der Waals surface area contributed by atoms with Crippen LogP contribution in [0.2, 0.25) is 0 Å². The van der Waals surface area contributed by atoms with Crippen molar-refractivity contribution < 1.29 is 12.4 Å². The highest BCUT2D eigenvalue weighted by molar-refractivity contribution is 6.18. The van der Waals surface area contributed by atoms with Crippen LogP contribution in [-0.2, 0) is 0 Å². The maximum atomic E-state index is 5.51. The highest BCUT2D eigenvalue weighted by atomic mass is 35.5. The van der Waals surface area contributed by atoms with Crippen molar-refractivity contribution in [1.29, 1.82) is 0 Å². The van der Waals surface area contributed by atoms with Crippen molar-refractivity contribution in [3.8, 4) is 0 Å². The molecular weight excluding hydrogens is 157 g/mol. The molecule has 58 valence electrons. The van der Waals surface area contributed by atoms with Gasteiger partial charge in [-0.25, -0.2) is 0 Å². The molecule has 0 aliphatic carbocycles. The summed E-state index contributed by atoms with van der Waals surface area (Å²) >= 11 is 5.51. The molecule has 3 heteroatoms. The first-order valence-electron chi connectivity index (χ1n) is 3.13. The van der Waals surface area contributed by atoms with Gasteiger partial charge in [-0.3, -0.25) is 0 Å². The van der Waals surface area contributed by atoms with Gasteiger partial charge in [0.25, 0.3) is 0 Å². The van der Waals surface area contributed by atoms with E-state index >= 15 is 0 Å². The van der Waals surface area contributed by atoms with E-state index in [1.165, 1.54) is 0 Å². The second-order valence-electron chi connectivity index (χ2n) is 1.72. The van der Waals surface area contributed by atoms with Gasteiger partial charge in [-0.2, -0.15) is 0 Å². The largest absolute Gasteiger partial charge is 1.00 e. The fourth-order valence-corrected chi connectivity index (χ4v) is 0.898. The van der Waals surface area contributed by atoms with E-state index in [9.17, 15) is 0 Å². The molecule has 0 fully saturated rings. The molecule has 0 rings (SSSR count). The molecule has 0 atom stereocenters.